The van der Waals surface area contributed by atoms with E-state index in [2.05, 4.69) is 4.74 Å². The van der Waals surface area contributed by atoms with Gasteiger partial charge in [-0.05, 0) is 0 Å². The highest BCUT2D eigenvalue weighted by Gasteiger charge is 2.46. The van der Waals surface area contributed by atoms with E-state index in [0.29, 0.717) is 0 Å². The van der Waals surface area contributed by atoms with Gasteiger partial charge in [0.1, 0.15) is 24.4 Å². The summed E-state index contributed by atoms with van der Waals surface area (Å²) in [6.07, 6.45) is -6.82. The van der Waals surface area contributed by atoms with Crippen LogP contribution in [0.3, 0.4) is 0 Å². The van der Waals surface area contributed by atoms with Gasteiger partial charge >= 0.3 is 5.97 Å². The Kier molecular flexibility index (Phi) is 6.11. The number of carbonyl (C=O) groups excluding carboxylic acids is 1. The van der Waals surface area contributed by atoms with E-state index in [-0.39, 0.29) is 6.42 Å². The summed E-state index contributed by atoms with van der Waals surface area (Å²) in [4.78, 5) is 11.2. The zero-order valence-corrected chi connectivity index (χ0v) is 10.5. The van der Waals surface area contributed by atoms with Crippen molar-refractivity contribution in [1.82, 2.24) is 0 Å². The van der Waals surface area contributed by atoms with Crippen LogP contribution in [0, 0.1) is 5.92 Å². The highest BCUT2D eigenvalue weighted by Crippen LogP contribution is 2.27. The van der Waals surface area contributed by atoms with E-state index >= 15 is 0 Å². The fraction of sp³-hybridized carbons (Fsp3) is 0.909. The van der Waals surface area contributed by atoms with Crippen molar-refractivity contribution < 1.29 is 39.8 Å². The molecular weight excluding hydrogens is 260 g/mol. The average Bonchev–Trinajstić information content (AvgIpc) is 2.42. The van der Waals surface area contributed by atoms with E-state index in [1.165, 1.54) is 7.11 Å². The van der Waals surface area contributed by atoms with E-state index in [4.69, 9.17) is 9.84 Å². The second-order valence-electron chi connectivity index (χ2n) is 4.52. The molecule has 0 saturated carbocycles. The molecule has 5 N–H and O–H groups in total. The number of esters is 1. The SMILES string of the molecule is COC(=O)CC(CO)C1O[C@H](CO)[C@@H](O)[C@H](O)[C@H]1O. The molecule has 0 amide bonds. The predicted molar refractivity (Wildman–Crippen MR) is 61.0 cm³/mol. The van der Waals surface area contributed by atoms with Gasteiger partial charge in [0.15, 0.2) is 0 Å². The standard InChI is InChI=1S/C11H20O8/c1-18-7(14)2-5(3-12)11-10(17)9(16)8(15)6(4-13)19-11/h5-6,8-13,15-17H,2-4H2,1H3/t5?,6-,8-,9+,10-,11?/m1/s1. The molecule has 0 radical (unpaired) electrons. The quantitative estimate of drug-likeness (QED) is 0.336. The van der Waals surface area contributed by atoms with E-state index in [1.807, 2.05) is 0 Å². The summed E-state index contributed by atoms with van der Waals surface area (Å²) in [5.41, 5.74) is 0. The van der Waals surface area contributed by atoms with E-state index in [1.54, 1.807) is 0 Å². The van der Waals surface area contributed by atoms with Crippen molar-refractivity contribution in [3.05, 3.63) is 0 Å². The number of aliphatic hydroxyl groups excluding tert-OH is 5. The molecular formula is C11H20O8. The van der Waals surface area contributed by atoms with Crippen LogP contribution in [0.4, 0.5) is 0 Å². The minimum atomic E-state index is -1.53. The second-order valence-corrected chi connectivity index (χ2v) is 4.52. The third kappa shape index (κ3) is 3.62. The van der Waals surface area contributed by atoms with E-state index < -0.39 is 55.6 Å². The number of hydrogen-bond acceptors (Lipinski definition) is 8. The lowest BCUT2D eigenvalue weighted by molar-refractivity contribution is -0.244. The molecule has 8 heteroatoms. The lowest BCUT2D eigenvalue weighted by Crippen LogP contribution is -2.60. The van der Waals surface area contributed by atoms with Gasteiger partial charge in [0.25, 0.3) is 0 Å². The smallest absolute Gasteiger partial charge is 0.305 e. The van der Waals surface area contributed by atoms with Gasteiger partial charge in [0.2, 0.25) is 0 Å². The molecule has 1 rings (SSSR count). The molecule has 1 saturated heterocycles. The van der Waals surface area contributed by atoms with Gasteiger partial charge in [-0.15, -0.1) is 0 Å². The van der Waals surface area contributed by atoms with Gasteiger partial charge in [-0.2, -0.15) is 0 Å². The summed E-state index contributed by atoms with van der Waals surface area (Å²) in [5.74, 6) is -1.41. The third-order valence-electron chi connectivity index (χ3n) is 3.28. The minimum Gasteiger partial charge on any atom is -0.469 e. The van der Waals surface area contributed by atoms with E-state index in [9.17, 15) is 25.2 Å². The Morgan fingerprint density at radius 1 is 1.21 bits per heavy atom. The molecule has 0 aromatic carbocycles. The number of aliphatic hydroxyl groups is 5. The Morgan fingerprint density at radius 3 is 2.32 bits per heavy atom. The Bertz CT molecular complexity index is 294. The van der Waals surface area contributed by atoms with Crippen molar-refractivity contribution in [1.29, 1.82) is 0 Å². The zero-order valence-electron chi connectivity index (χ0n) is 10.5. The first-order chi connectivity index (χ1) is 8.96. The first-order valence-electron chi connectivity index (χ1n) is 5.94. The second kappa shape index (κ2) is 7.13. The minimum absolute atomic E-state index is 0.213. The maximum atomic E-state index is 11.2. The Balaban J connectivity index is 2.80. The molecule has 1 heterocycles. The van der Waals surface area contributed by atoms with Crippen LogP contribution in [0.2, 0.25) is 0 Å². The third-order valence-corrected chi connectivity index (χ3v) is 3.28. The van der Waals surface area contributed by atoms with Crippen molar-refractivity contribution in [3.8, 4) is 0 Å². The summed E-state index contributed by atoms with van der Waals surface area (Å²) in [6, 6.07) is 0. The largest absolute Gasteiger partial charge is 0.469 e. The zero-order chi connectivity index (χ0) is 14.6. The monoisotopic (exact) mass is 280 g/mol. The normalized spacial score (nSPS) is 36.8. The average molecular weight is 280 g/mol. The Morgan fingerprint density at radius 2 is 1.84 bits per heavy atom. The van der Waals surface area contributed by atoms with Crippen LogP contribution in [0.5, 0.6) is 0 Å². The van der Waals surface area contributed by atoms with Gasteiger partial charge in [0.05, 0.1) is 26.2 Å². The fourth-order valence-corrected chi connectivity index (χ4v) is 2.10. The summed E-state index contributed by atoms with van der Waals surface area (Å²) >= 11 is 0. The molecule has 0 aliphatic carbocycles. The number of carbonyl (C=O) groups is 1. The molecule has 1 fully saturated rings. The molecule has 19 heavy (non-hydrogen) atoms. The highest BCUT2D eigenvalue weighted by molar-refractivity contribution is 5.69. The van der Waals surface area contributed by atoms with Crippen LogP contribution in [0.1, 0.15) is 6.42 Å². The van der Waals surface area contributed by atoms with Gasteiger partial charge in [-0.3, -0.25) is 4.79 Å². The lowest BCUT2D eigenvalue weighted by Gasteiger charge is -2.42. The summed E-state index contributed by atoms with van der Waals surface area (Å²) in [7, 11) is 1.18. The lowest BCUT2D eigenvalue weighted by atomic mass is 9.86. The first-order valence-corrected chi connectivity index (χ1v) is 5.94. The number of rotatable bonds is 5. The summed E-state index contributed by atoms with van der Waals surface area (Å²) in [5, 5.41) is 47.3. The molecule has 2 unspecified atom stereocenters. The van der Waals surface area contributed by atoms with Gasteiger partial charge in [0, 0.05) is 12.5 Å². The fourth-order valence-electron chi connectivity index (χ4n) is 2.10. The maximum Gasteiger partial charge on any atom is 0.305 e. The molecule has 1 aliphatic rings. The van der Waals surface area contributed by atoms with Crippen LogP contribution in [-0.2, 0) is 14.3 Å². The molecule has 1 aliphatic heterocycles. The topological polar surface area (TPSA) is 137 Å². The summed E-state index contributed by atoms with van der Waals surface area (Å²) in [6.45, 7) is -1.03. The highest BCUT2D eigenvalue weighted by atomic mass is 16.5. The first kappa shape index (κ1) is 16.3. The molecule has 0 aromatic rings. The van der Waals surface area contributed by atoms with Crippen LogP contribution in [0.25, 0.3) is 0 Å². The molecule has 6 atom stereocenters. The van der Waals surface area contributed by atoms with Crippen LogP contribution in [-0.4, -0.2) is 82.3 Å². The van der Waals surface area contributed by atoms with Crippen LogP contribution < -0.4 is 0 Å². The van der Waals surface area contributed by atoms with Gasteiger partial charge < -0.3 is 35.0 Å². The van der Waals surface area contributed by atoms with Crippen molar-refractivity contribution in [2.45, 2.75) is 36.9 Å². The number of ether oxygens (including phenoxy) is 2. The Hall–Kier alpha value is -0.770. The van der Waals surface area contributed by atoms with E-state index in [0.717, 1.165) is 0 Å². The summed E-state index contributed by atoms with van der Waals surface area (Å²) < 4.78 is 9.71. The van der Waals surface area contributed by atoms with Crippen LogP contribution in [0.15, 0.2) is 0 Å². The number of hydrogen-bond donors (Lipinski definition) is 5. The molecule has 0 aromatic heterocycles. The Labute approximate surface area is 110 Å². The van der Waals surface area contributed by atoms with Gasteiger partial charge in [-0.1, -0.05) is 0 Å². The van der Waals surface area contributed by atoms with Crippen molar-refractivity contribution in [3.63, 3.8) is 0 Å². The maximum absolute atomic E-state index is 11.2. The van der Waals surface area contributed by atoms with Crippen LogP contribution >= 0.6 is 0 Å². The van der Waals surface area contributed by atoms with Crippen molar-refractivity contribution in [2.24, 2.45) is 5.92 Å². The molecule has 8 nitrogen and oxygen atoms in total. The number of methoxy groups -OCH3 is 1. The molecule has 0 spiro atoms. The van der Waals surface area contributed by atoms with Crippen molar-refractivity contribution >= 4 is 5.97 Å². The van der Waals surface area contributed by atoms with Crippen molar-refractivity contribution in [2.75, 3.05) is 20.3 Å². The predicted octanol–water partition coefficient (Wildman–Crippen LogP) is -3.00. The van der Waals surface area contributed by atoms with Gasteiger partial charge in [-0.25, -0.2) is 0 Å². The molecule has 112 valence electrons. The molecule has 0 bridgehead atoms.